The van der Waals surface area contributed by atoms with Crippen molar-refractivity contribution in [2.75, 3.05) is 14.1 Å². The van der Waals surface area contributed by atoms with E-state index < -0.39 is 18.3 Å². The molecule has 0 radical (unpaired) electrons. The normalized spacial score (nSPS) is 13.5. The lowest BCUT2D eigenvalue weighted by atomic mass is 11.0. The maximum Gasteiger partial charge on any atom is 0.308 e. The van der Waals surface area contributed by atoms with E-state index in [9.17, 15) is 8.42 Å². The Morgan fingerprint density at radius 2 is 1.87 bits per heavy atom. The highest BCUT2D eigenvalue weighted by atomic mass is 32.2. The summed E-state index contributed by atoms with van der Waals surface area (Å²) in [7, 11) is -2.13. The van der Waals surface area contributed by atoms with E-state index in [1.165, 1.54) is 34.8 Å². The van der Waals surface area contributed by atoms with Crippen molar-refractivity contribution in [3.05, 3.63) is 12.4 Å². The van der Waals surface area contributed by atoms with Crippen LogP contribution >= 0.6 is 0 Å². The fourth-order valence-corrected chi connectivity index (χ4v) is 4.37. The minimum Gasteiger partial charge on any atom is -0.246 e. The Hall–Kier alpha value is -0.663. The molecule has 1 aromatic heterocycles. The van der Waals surface area contributed by atoms with Crippen molar-refractivity contribution in [2.24, 2.45) is 0 Å². The zero-order valence-corrected chi connectivity index (χ0v) is 11.5. The van der Waals surface area contributed by atoms with Gasteiger partial charge >= 0.3 is 10.2 Å². The van der Waals surface area contributed by atoms with Crippen LogP contribution in [0.1, 0.15) is 0 Å². The Morgan fingerprint density at radius 3 is 2.27 bits per heavy atom. The molecule has 0 atom stereocenters. The van der Waals surface area contributed by atoms with Gasteiger partial charge in [0.1, 0.15) is 13.5 Å². The molecular weight excluding hydrogens is 230 g/mol. The second-order valence-corrected chi connectivity index (χ2v) is 11.6. The third-order valence-electron chi connectivity index (χ3n) is 1.99. The molecule has 15 heavy (non-hydrogen) atoms. The average molecular weight is 247 g/mol. The number of imidazole rings is 1. The van der Waals surface area contributed by atoms with Gasteiger partial charge in [0.15, 0.2) is 0 Å². The largest absolute Gasteiger partial charge is 0.308 e. The molecule has 0 bridgehead atoms. The molecule has 0 amide bonds. The minimum atomic E-state index is -3.43. The summed E-state index contributed by atoms with van der Waals surface area (Å²) in [5.74, 6) is 0. The summed E-state index contributed by atoms with van der Waals surface area (Å²) in [5.41, 5.74) is 0.677. The minimum absolute atomic E-state index is 0.677. The summed E-state index contributed by atoms with van der Waals surface area (Å²) in [6.07, 6.45) is 3.04. The highest BCUT2D eigenvalue weighted by molar-refractivity contribution is 7.87. The molecule has 1 heterocycles. The van der Waals surface area contributed by atoms with Gasteiger partial charge in [-0.05, 0) is 0 Å². The lowest BCUT2D eigenvalue weighted by Crippen LogP contribution is -2.48. The van der Waals surface area contributed by atoms with Gasteiger partial charge < -0.3 is 0 Å². The van der Waals surface area contributed by atoms with Crippen LogP contribution in [0.4, 0.5) is 0 Å². The topological polar surface area (TPSA) is 55.2 Å². The van der Waals surface area contributed by atoms with Crippen LogP contribution in [0.3, 0.4) is 0 Å². The molecule has 1 aromatic rings. The highest BCUT2D eigenvalue weighted by Gasteiger charge is 2.28. The lowest BCUT2D eigenvalue weighted by molar-refractivity contribution is 0.512. The van der Waals surface area contributed by atoms with Gasteiger partial charge in [-0.2, -0.15) is 12.7 Å². The summed E-state index contributed by atoms with van der Waals surface area (Å²) in [6.45, 7) is 6.20. The Kier molecular flexibility index (Phi) is 3.08. The van der Waals surface area contributed by atoms with Crippen LogP contribution in [0.15, 0.2) is 12.4 Å². The van der Waals surface area contributed by atoms with E-state index >= 15 is 0 Å². The molecule has 0 saturated heterocycles. The average Bonchev–Trinajstić information content (AvgIpc) is 2.49. The number of hydrogen-bond acceptors (Lipinski definition) is 3. The molecule has 0 aromatic carbocycles. The zero-order chi connectivity index (χ0) is 11.9. The predicted octanol–water partition coefficient (Wildman–Crippen LogP) is 0.0828. The molecule has 0 saturated carbocycles. The molecule has 0 fully saturated rings. The molecule has 1 rings (SSSR count). The van der Waals surface area contributed by atoms with Gasteiger partial charge in [0, 0.05) is 26.5 Å². The van der Waals surface area contributed by atoms with Gasteiger partial charge in [-0.25, -0.2) is 8.96 Å². The summed E-state index contributed by atoms with van der Waals surface area (Å²) < 4.78 is 26.3. The molecule has 0 aliphatic carbocycles. The van der Waals surface area contributed by atoms with Gasteiger partial charge in [-0.1, -0.05) is 19.6 Å². The monoisotopic (exact) mass is 247 g/mol. The van der Waals surface area contributed by atoms with Crippen molar-refractivity contribution in [1.82, 2.24) is 13.3 Å². The van der Waals surface area contributed by atoms with Crippen molar-refractivity contribution in [1.29, 1.82) is 0 Å². The van der Waals surface area contributed by atoms with Crippen molar-refractivity contribution in [3.63, 3.8) is 0 Å². The second-order valence-electron chi connectivity index (χ2n) is 4.59. The van der Waals surface area contributed by atoms with E-state index in [4.69, 9.17) is 0 Å². The van der Waals surface area contributed by atoms with Crippen LogP contribution in [0.2, 0.25) is 19.6 Å². The number of aromatic nitrogens is 2. The van der Waals surface area contributed by atoms with Gasteiger partial charge in [0.2, 0.25) is 0 Å². The third kappa shape index (κ3) is 2.29. The van der Waals surface area contributed by atoms with Crippen LogP contribution in [-0.4, -0.2) is 43.8 Å². The fourth-order valence-electron chi connectivity index (χ4n) is 1.18. The zero-order valence-electron chi connectivity index (χ0n) is 9.72. The maximum absolute atomic E-state index is 11.9. The molecule has 0 N–H and O–H groups in total. The van der Waals surface area contributed by atoms with Crippen molar-refractivity contribution in [2.45, 2.75) is 19.6 Å². The molecule has 0 aliphatic rings. The standard InChI is InChI=1S/C8H17N3O2SSi/c1-10(2)14(12,13)11-7-6-9-8(11)15(3,4)5/h6-7H,1-5H3. The van der Waals surface area contributed by atoms with Crippen LogP contribution < -0.4 is 5.45 Å². The van der Waals surface area contributed by atoms with Crippen LogP contribution in [0.25, 0.3) is 0 Å². The van der Waals surface area contributed by atoms with E-state index in [0.29, 0.717) is 5.45 Å². The predicted molar refractivity (Wildman–Crippen MR) is 63.2 cm³/mol. The molecule has 7 heteroatoms. The first-order valence-electron chi connectivity index (χ1n) is 4.64. The second kappa shape index (κ2) is 3.73. The van der Waals surface area contributed by atoms with E-state index in [1.54, 1.807) is 0 Å². The van der Waals surface area contributed by atoms with E-state index in [0.717, 1.165) is 0 Å². The first kappa shape index (κ1) is 12.4. The first-order chi connectivity index (χ1) is 6.67. The molecule has 0 aliphatic heterocycles. The molecular formula is C8H17N3O2SSi. The smallest absolute Gasteiger partial charge is 0.246 e. The van der Waals surface area contributed by atoms with E-state index in [1.807, 2.05) is 0 Å². The van der Waals surface area contributed by atoms with E-state index in [-0.39, 0.29) is 0 Å². The van der Waals surface area contributed by atoms with E-state index in [2.05, 4.69) is 24.6 Å². The highest BCUT2D eigenvalue weighted by Crippen LogP contribution is 2.05. The molecule has 0 spiro atoms. The van der Waals surface area contributed by atoms with Crippen LogP contribution in [0, 0.1) is 0 Å². The van der Waals surface area contributed by atoms with Gasteiger partial charge in [0.05, 0.1) is 0 Å². The summed E-state index contributed by atoms with van der Waals surface area (Å²) in [5, 5.41) is 0. The quantitative estimate of drug-likeness (QED) is 0.711. The fraction of sp³-hybridized carbons (Fsp3) is 0.625. The SMILES string of the molecule is CN(C)S(=O)(=O)n1ccnc1[Si](C)(C)C. The van der Waals surface area contributed by atoms with Crippen molar-refractivity contribution >= 4 is 23.7 Å². The summed E-state index contributed by atoms with van der Waals surface area (Å²) in [6, 6.07) is 0. The van der Waals surface area contributed by atoms with Crippen LogP contribution in [-0.2, 0) is 10.2 Å². The lowest BCUT2D eigenvalue weighted by Gasteiger charge is -2.20. The van der Waals surface area contributed by atoms with Gasteiger partial charge in [0.25, 0.3) is 0 Å². The molecule has 86 valence electrons. The Morgan fingerprint density at radius 1 is 1.33 bits per heavy atom. The van der Waals surface area contributed by atoms with Crippen molar-refractivity contribution < 1.29 is 8.42 Å². The van der Waals surface area contributed by atoms with Gasteiger partial charge in [-0.15, -0.1) is 0 Å². The Bertz CT molecular complexity index is 445. The van der Waals surface area contributed by atoms with Crippen molar-refractivity contribution in [3.8, 4) is 0 Å². The molecule has 5 nitrogen and oxygen atoms in total. The molecule has 0 unspecified atom stereocenters. The Labute approximate surface area is 91.9 Å². The number of rotatable bonds is 3. The van der Waals surface area contributed by atoms with Crippen LogP contribution in [0.5, 0.6) is 0 Å². The first-order valence-corrected chi connectivity index (χ1v) is 9.54. The summed E-state index contributed by atoms with van der Waals surface area (Å²) >= 11 is 0. The number of hydrogen-bond donors (Lipinski definition) is 0. The Balaban J connectivity index is 3.36. The maximum atomic E-state index is 11.9. The van der Waals surface area contributed by atoms with Gasteiger partial charge in [-0.3, -0.25) is 0 Å². The third-order valence-corrected chi connectivity index (χ3v) is 5.58. The summed E-state index contributed by atoms with van der Waals surface area (Å²) in [4.78, 5) is 4.15. The number of nitrogens with zero attached hydrogens (tertiary/aromatic N) is 3.